The molecule has 8 N–H and O–H groups in total. The average molecular weight is 574 g/mol. The Morgan fingerprint density at radius 1 is 1.33 bits per heavy atom. The van der Waals surface area contributed by atoms with E-state index in [1.807, 2.05) is 5.43 Å². The summed E-state index contributed by atoms with van der Waals surface area (Å²) in [7, 11) is 0. The van der Waals surface area contributed by atoms with Crippen molar-refractivity contribution in [1.82, 2.24) is 29.4 Å². The number of carbonyl (C=O) groups excluding carboxylic acids is 4. The van der Waals surface area contributed by atoms with Crippen molar-refractivity contribution in [3.63, 3.8) is 0 Å². The molecular weight excluding hydrogens is 554 g/mol. The van der Waals surface area contributed by atoms with Crippen LogP contribution in [-0.2, 0) is 20.9 Å². The molecule has 2 aliphatic heterocycles. The minimum atomic E-state index is -1.54. The van der Waals surface area contributed by atoms with E-state index in [9.17, 15) is 29.5 Å². The molecule has 0 saturated carbocycles. The number of fused-ring (bicyclic) bond motifs is 2. The number of aromatic nitrogens is 4. The monoisotopic (exact) mass is 573 g/mol. The highest BCUT2D eigenvalue weighted by Gasteiger charge is 2.53. The van der Waals surface area contributed by atoms with Crippen LogP contribution in [0.15, 0.2) is 47.0 Å². The lowest BCUT2D eigenvalue weighted by Gasteiger charge is -2.50. The number of nitrogens with two attached hydrogens (primary N) is 2. The van der Waals surface area contributed by atoms with Crippen LogP contribution in [0.25, 0.3) is 5.65 Å². The number of carboxylic acid groups (broad SMARTS) is 1. The van der Waals surface area contributed by atoms with Gasteiger partial charge in [0.25, 0.3) is 17.5 Å². The Labute approximate surface area is 226 Å². The van der Waals surface area contributed by atoms with Crippen LogP contribution in [-0.4, -0.2) is 70.6 Å². The number of hydrogen-bond donors (Lipinski definition) is 6. The second kappa shape index (κ2) is 10.2. The Bertz CT molecular complexity index is 1580. The molecule has 1 fully saturated rings. The lowest BCUT2D eigenvalue weighted by atomic mass is 10.0. The Balaban J connectivity index is 1.37. The lowest BCUT2D eigenvalue weighted by molar-refractivity contribution is -0.662. The van der Waals surface area contributed by atoms with Gasteiger partial charge in [0, 0.05) is 35.0 Å². The summed E-state index contributed by atoms with van der Waals surface area (Å²) in [6.45, 7) is 0.102. The molecule has 5 rings (SSSR count). The largest absolute Gasteiger partial charge is 0.543 e. The summed E-state index contributed by atoms with van der Waals surface area (Å²) in [6.07, 6.45) is 3.36. The number of thioether (sulfide) groups is 1. The van der Waals surface area contributed by atoms with Crippen LogP contribution < -0.4 is 37.3 Å². The van der Waals surface area contributed by atoms with E-state index in [0.717, 1.165) is 16.4 Å². The first kappa shape index (κ1) is 25.9. The molecule has 0 radical (unpaired) electrons. The maximum absolute atomic E-state index is 13.0. The van der Waals surface area contributed by atoms with Crippen LogP contribution in [0.4, 0.5) is 15.7 Å². The highest BCUT2D eigenvalue weighted by Crippen LogP contribution is 2.40. The average Bonchev–Trinajstić information content (AvgIpc) is 3.53. The number of amides is 4. The lowest BCUT2D eigenvalue weighted by Crippen LogP contribution is -2.71. The topological polar surface area (TPSA) is 249 Å². The fourth-order valence-corrected chi connectivity index (χ4v) is 6.01. The number of nitrogens with one attached hydrogen (secondary N) is 3. The quantitative estimate of drug-likeness (QED) is 0.0315. The maximum atomic E-state index is 13.0. The Hall–Kier alpha value is -4.75. The molecule has 0 aliphatic carbocycles. The summed E-state index contributed by atoms with van der Waals surface area (Å²) in [6, 6.07) is 3.40. The number of hydrazine groups is 1. The van der Waals surface area contributed by atoms with Gasteiger partial charge >= 0.3 is 6.03 Å². The van der Waals surface area contributed by atoms with Crippen LogP contribution in [0, 0.1) is 0 Å². The van der Waals surface area contributed by atoms with Crippen molar-refractivity contribution >= 4 is 69.4 Å². The fourth-order valence-electron chi connectivity index (χ4n) is 4.24. The third-order valence-electron chi connectivity index (χ3n) is 5.93. The van der Waals surface area contributed by atoms with Gasteiger partial charge in [0.15, 0.2) is 5.13 Å². The van der Waals surface area contributed by atoms with Crippen molar-refractivity contribution in [2.45, 2.75) is 18.0 Å². The van der Waals surface area contributed by atoms with Crippen molar-refractivity contribution in [1.29, 1.82) is 0 Å². The second-order valence-electron chi connectivity index (χ2n) is 8.17. The van der Waals surface area contributed by atoms with E-state index in [1.165, 1.54) is 11.8 Å². The summed E-state index contributed by atoms with van der Waals surface area (Å²) >= 11 is 2.04. The van der Waals surface area contributed by atoms with E-state index in [1.54, 1.807) is 39.6 Å². The van der Waals surface area contributed by atoms with Crippen molar-refractivity contribution in [3.8, 4) is 0 Å². The molecule has 0 spiro atoms. The number of β-lactam (4-membered cyclic amide) rings is 1. The van der Waals surface area contributed by atoms with E-state index in [0.29, 0.717) is 17.0 Å². The zero-order chi connectivity index (χ0) is 27.8. The molecule has 0 bridgehead atoms. The molecular formula is C20H19N11O6S2. The Morgan fingerprint density at radius 2 is 2.13 bits per heavy atom. The summed E-state index contributed by atoms with van der Waals surface area (Å²) in [5.41, 5.74) is 7.68. The molecule has 0 aromatic carbocycles. The van der Waals surface area contributed by atoms with Gasteiger partial charge < -0.3 is 26.2 Å². The molecule has 1 saturated heterocycles. The third-order valence-corrected chi connectivity index (χ3v) is 7.81. The standard InChI is InChI=1S/C20H19N11O6S2/c21-19-25-14(28-39-19)11(27-37)15(32)24-12-16(33)31-13(18(34)35)8(7-38-17(12)31)6-29-4-5-30-9(23-20(36)26-22)2-1-3-10(29)30/h1-5,12,17H,6-7H2,(H8,21,22,24,25,26,27,28,32,34,35,36,37)/t12-,17-/m1/s1. The van der Waals surface area contributed by atoms with Crippen LogP contribution in [0.5, 0.6) is 0 Å². The Morgan fingerprint density at radius 3 is 2.79 bits per heavy atom. The van der Waals surface area contributed by atoms with Gasteiger partial charge in [-0.2, -0.15) is 13.8 Å². The fraction of sp³-hybridized carbons (Fsp3) is 0.200. The maximum Gasteiger partial charge on any atom is 0.336 e. The van der Waals surface area contributed by atoms with E-state index in [4.69, 9.17) is 11.6 Å². The number of hydrogen-bond acceptors (Lipinski definition) is 13. The number of nitrogens with zero attached hydrogens (tertiary/aromatic N) is 6. The smallest absolute Gasteiger partial charge is 0.336 e. The zero-order valence-corrected chi connectivity index (χ0v) is 21.2. The number of carbonyl (C=O) groups is 4. The van der Waals surface area contributed by atoms with E-state index in [-0.39, 0.29) is 29.0 Å². The number of anilines is 2. The summed E-state index contributed by atoms with van der Waals surface area (Å²) < 4.78 is 7.22. The molecule has 3 aromatic heterocycles. The number of urea groups is 1. The molecule has 2 atom stereocenters. The Kier molecular flexibility index (Phi) is 6.76. The number of carboxylic acids is 1. The van der Waals surface area contributed by atoms with Crippen LogP contribution in [0.1, 0.15) is 5.82 Å². The van der Waals surface area contributed by atoms with Gasteiger partial charge in [0.05, 0.1) is 11.7 Å². The first-order valence-electron chi connectivity index (χ1n) is 11.0. The molecule has 17 nitrogen and oxygen atoms in total. The van der Waals surface area contributed by atoms with Gasteiger partial charge in [-0.1, -0.05) is 5.16 Å². The van der Waals surface area contributed by atoms with Gasteiger partial charge in [0.1, 0.15) is 30.4 Å². The van der Waals surface area contributed by atoms with Gasteiger partial charge in [-0.05, 0) is 6.07 Å². The number of imidazole rings is 1. The van der Waals surface area contributed by atoms with Crippen molar-refractivity contribution in [3.05, 3.63) is 47.7 Å². The van der Waals surface area contributed by atoms with Gasteiger partial charge in [-0.15, -0.1) is 11.8 Å². The number of nitrogen functional groups attached to an aromatic ring is 1. The first-order chi connectivity index (χ1) is 18.7. The van der Waals surface area contributed by atoms with E-state index < -0.39 is 40.9 Å². The highest BCUT2D eigenvalue weighted by atomic mass is 32.2. The molecule has 3 aromatic rings. The summed E-state index contributed by atoms with van der Waals surface area (Å²) in [5.74, 6) is 2.41. The van der Waals surface area contributed by atoms with Gasteiger partial charge in [-0.3, -0.25) is 25.2 Å². The number of rotatable bonds is 7. The predicted octanol–water partition coefficient (Wildman–Crippen LogP) is -3.06. The molecule has 4 amide bonds. The van der Waals surface area contributed by atoms with Gasteiger partial charge in [0.2, 0.25) is 17.4 Å². The third kappa shape index (κ3) is 4.57. The van der Waals surface area contributed by atoms with Gasteiger partial charge in [-0.25, -0.2) is 15.2 Å². The molecule has 39 heavy (non-hydrogen) atoms. The number of aliphatic carboxylic acids is 1. The minimum absolute atomic E-state index is 0.0476. The van der Waals surface area contributed by atoms with Crippen molar-refractivity contribution in [2.24, 2.45) is 11.0 Å². The highest BCUT2D eigenvalue weighted by molar-refractivity contribution is 8.00. The van der Waals surface area contributed by atoms with Crippen molar-refractivity contribution < 1.29 is 34.1 Å². The minimum Gasteiger partial charge on any atom is -0.543 e. The van der Waals surface area contributed by atoms with E-state index >= 15 is 0 Å². The summed E-state index contributed by atoms with van der Waals surface area (Å²) in [5, 5.41) is 28.7. The SMILES string of the molecule is NNC(=O)Nc1cccc2n1cc[n+]2CC1=C(C(=O)[O-])N2C(=O)[C@@H](NC(=O)/C(=N\O)c3nsc(N)n3)[C@H]2SC1. The first-order valence-corrected chi connectivity index (χ1v) is 12.8. The zero-order valence-electron chi connectivity index (χ0n) is 19.6. The second-order valence-corrected chi connectivity index (χ2v) is 10.1. The number of pyridine rings is 1. The molecule has 0 unspecified atom stereocenters. The molecule has 2 aliphatic rings. The van der Waals surface area contributed by atoms with Crippen molar-refractivity contribution in [2.75, 3.05) is 16.8 Å². The summed E-state index contributed by atoms with van der Waals surface area (Å²) in [4.78, 5) is 54.3. The normalized spacial score (nSPS) is 18.9. The molecule has 5 heterocycles. The van der Waals surface area contributed by atoms with Crippen LogP contribution in [0.3, 0.4) is 0 Å². The van der Waals surface area contributed by atoms with E-state index in [2.05, 4.69) is 25.1 Å². The molecule has 202 valence electrons. The number of oxime groups is 1. The molecule has 19 heteroatoms. The van der Waals surface area contributed by atoms with Crippen LogP contribution in [0.2, 0.25) is 0 Å². The predicted molar refractivity (Wildman–Crippen MR) is 134 cm³/mol. The van der Waals surface area contributed by atoms with Crippen LogP contribution >= 0.6 is 23.3 Å².